The molecule has 0 saturated carbocycles. The van der Waals surface area contributed by atoms with E-state index in [1.807, 2.05) is 18.2 Å². The van der Waals surface area contributed by atoms with Crippen LogP contribution in [0.3, 0.4) is 0 Å². The number of hydrazine groups is 1. The summed E-state index contributed by atoms with van der Waals surface area (Å²) in [6.07, 6.45) is 3.78. The average molecular weight is 322 g/mol. The molecule has 0 unspecified atom stereocenters. The van der Waals surface area contributed by atoms with Crippen LogP contribution in [0.1, 0.15) is 18.9 Å². The number of para-hydroxylation sites is 1. The molecule has 0 aliphatic carbocycles. The molecule has 2 aromatic rings. The van der Waals surface area contributed by atoms with Gasteiger partial charge in [0.15, 0.2) is 0 Å². The van der Waals surface area contributed by atoms with Gasteiger partial charge in [-0.15, -0.1) is 0 Å². The zero-order valence-electron chi connectivity index (χ0n) is 10.7. The van der Waals surface area contributed by atoms with Crippen LogP contribution < -0.4 is 16.6 Å². The minimum Gasteiger partial charge on any atom is -0.339 e. The number of aromatic nitrogens is 2. The molecule has 0 aliphatic heterocycles. The van der Waals surface area contributed by atoms with Gasteiger partial charge in [0, 0.05) is 11.9 Å². The Morgan fingerprint density at radius 1 is 1.32 bits per heavy atom. The van der Waals surface area contributed by atoms with E-state index in [2.05, 4.69) is 49.6 Å². The van der Waals surface area contributed by atoms with Gasteiger partial charge in [-0.05, 0) is 34.0 Å². The van der Waals surface area contributed by atoms with Crippen LogP contribution in [0.15, 0.2) is 34.9 Å². The van der Waals surface area contributed by atoms with Crippen molar-refractivity contribution in [3.05, 3.63) is 40.5 Å². The maximum absolute atomic E-state index is 5.32. The molecule has 0 spiro atoms. The molecule has 4 N–H and O–H groups in total. The maximum atomic E-state index is 5.32. The van der Waals surface area contributed by atoms with Crippen molar-refractivity contribution in [2.24, 2.45) is 5.84 Å². The molecule has 0 amide bonds. The number of benzene rings is 1. The second kappa shape index (κ2) is 6.49. The first-order valence-electron chi connectivity index (χ1n) is 6.08. The Labute approximate surface area is 120 Å². The van der Waals surface area contributed by atoms with E-state index in [9.17, 15) is 0 Å². The molecule has 0 bridgehead atoms. The second-order valence-corrected chi connectivity index (χ2v) is 4.92. The normalized spacial score (nSPS) is 10.3. The molecule has 2 rings (SSSR count). The smallest absolute Gasteiger partial charge is 0.239 e. The molecule has 1 aromatic carbocycles. The van der Waals surface area contributed by atoms with Crippen molar-refractivity contribution in [1.82, 2.24) is 9.97 Å². The number of nitrogens with zero attached hydrogens (tertiary/aromatic N) is 2. The van der Waals surface area contributed by atoms with Gasteiger partial charge in [0.05, 0.1) is 4.47 Å². The molecule has 1 heterocycles. The van der Waals surface area contributed by atoms with E-state index < -0.39 is 0 Å². The fourth-order valence-electron chi connectivity index (χ4n) is 1.78. The van der Waals surface area contributed by atoms with Gasteiger partial charge in [0.1, 0.15) is 5.82 Å². The second-order valence-electron chi connectivity index (χ2n) is 4.07. The summed E-state index contributed by atoms with van der Waals surface area (Å²) >= 11 is 3.42. The average Bonchev–Trinajstić information content (AvgIpc) is 2.43. The summed E-state index contributed by atoms with van der Waals surface area (Å²) in [5.41, 5.74) is 4.75. The van der Waals surface area contributed by atoms with E-state index in [1.54, 1.807) is 6.20 Å². The Morgan fingerprint density at radius 3 is 2.84 bits per heavy atom. The van der Waals surface area contributed by atoms with Crippen LogP contribution in [0.25, 0.3) is 0 Å². The summed E-state index contributed by atoms with van der Waals surface area (Å²) in [6.45, 7) is 2.16. The highest BCUT2D eigenvalue weighted by molar-refractivity contribution is 9.10. The summed E-state index contributed by atoms with van der Waals surface area (Å²) < 4.78 is 0.790. The number of nitrogens with two attached hydrogens (primary N) is 1. The first-order valence-corrected chi connectivity index (χ1v) is 6.88. The predicted octanol–water partition coefficient (Wildman–Crippen LogP) is 3.22. The third-order valence-electron chi connectivity index (χ3n) is 2.66. The molecule has 100 valence electrons. The fourth-order valence-corrected chi connectivity index (χ4v) is 2.07. The van der Waals surface area contributed by atoms with E-state index in [1.165, 1.54) is 5.56 Å². The zero-order chi connectivity index (χ0) is 13.7. The molecular formula is C13H16BrN5. The van der Waals surface area contributed by atoms with Gasteiger partial charge >= 0.3 is 0 Å². The van der Waals surface area contributed by atoms with Gasteiger partial charge in [-0.25, -0.2) is 10.8 Å². The van der Waals surface area contributed by atoms with Gasteiger partial charge in [-0.1, -0.05) is 31.5 Å². The van der Waals surface area contributed by atoms with Gasteiger partial charge in [0.25, 0.3) is 0 Å². The van der Waals surface area contributed by atoms with Crippen LogP contribution in [-0.2, 0) is 6.42 Å². The highest BCUT2D eigenvalue weighted by atomic mass is 79.9. The molecule has 0 aliphatic rings. The first-order chi connectivity index (χ1) is 9.24. The van der Waals surface area contributed by atoms with E-state index >= 15 is 0 Å². The molecule has 5 nitrogen and oxygen atoms in total. The molecule has 0 fully saturated rings. The van der Waals surface area contributed by atoms with E-state index in [4.69, 9.17) is 5.84 Å². The summed E-state index contributed by atoms with van der Waals surface area (Å²) in [5.74, 6) is 6.38. The summed E-state index contributed by atoms with van der Waals surface area (Å²) in [5, 5.41) is 3.31. The fraction of sp³-hybridized carbons (Fsp3) is 0.231. The predicted molar refractivity (Wildman–Crippen MR) is 81.3 cm³/mol. The standard InChI is InChI=1S/C13H16BrN5/c1-2-5-9-6-3-4-7-11(9)17-12-10(14)8-16-13(18-12)19-15/h3-4,6-8H,2,5,15H2,1H3,(H2,16,17,18,19). The van der Waals surface area contributed by atoms with E-state index in [0.717, 1.165) is 23.0 Å². The zero-order valence-corrected chi connectivity index (χ0v) is 12.2. The maximum Gasteiger partial charge on any atom is 0.239 e. The van der Waals surface area contributed by atoms with Gasteiger partial charge in [0.2, 0.25) is 5.95 Å². The number of anilines is 3. The number of nitrogen functional groups attached to an aromatic ring is 1. The van der Waals surface area contributed by atoms with Crippen LogP contribution in [0, 0.1) is 0 Å². The quantitative estimate of drug-likeness (QED) is 0.582. The Morgan fingerprint density at radius 2 is 2.11 bits per heavy atom. The highest BCUT2D eigenvalue weighted by Gasteiger charge is 2.07. The Balaban J connectivity index is 2.30. The highest BCUT2D eigenvalue weighted by Crippen LogP contribution is 2.26. The molecule has 0 saturated heterocycles. The lowest BCUT2D eigenvalue weighted by atomic mass is 10.1. The lowest BCUT2D eigenvalue weighted by molar-refractivity contribution is 0.923. The van der Waals surface area contributed by atoms with Crippen LogP contribution in [-0.4, -0.2) is 9.97 Å². The van der Waals surface area contributed by atoms with Crippen molar-refractivity contribution >= 4 is 33.4 Å². The number of aryl methyl sites for hydroxylation is 1. The topological polar surface area (TPSA) is 75.9 Å². The number of halogens is 1. The van der Waals surface area contributed by atoms with Crippen LogP contribution in [0.4, 0.5) is 17.5 Å². The van der Waals surface area contributed by atoms with Crippen LogP contribution >= 0.6 is 15.9 Å². The van der Waals surface area contributed by atoms with Crippen molar-refractivity contribution in [3.8, 4) is 0 Å². The van der Waals surface area contributed by atoms with Crippen molar-refractivity contribution in [1.29, 1.82) is 0 Å². The molecule has 0 atom stereocenters. The van der Waals surface area contributed by atoms with Crippen LogP contribution in [0.2, 0.25) is 0 Å². The number of rotatable bonds is 5. The molecular weight excluding hydrogens is 306 g/mol. The first kappa shape index (κ1) is 13.8. The SMILES string of the molecule is CCCc1ccccc1Nc1nc(NN)ncc1Br. The minimum atomic E-state index is 0.374. The lowest BCUT2D eigenvalue weighted by Gasteiger charge is -2.12. The van der Waals surface area contributed by atoms with Gasteiger partial charge < -0.3 is 5.32 Å². The number of hydrogen-bond donors (Lipinski definition) is 3. The van der Waals surface area contributed by atoms with Crippen molar-refractivity contribution in [2.45, 2.75) is 19.8 Å². The van der Waals surface area contributed by atoms with Crippen molar-refractivity contribution in [3.63, 3.8) is 0 Å². The number of nitrogens with one attached hydrogen (secondary N) is 2. The van der Waals surface area contributed by atoms with E-state index in [0.29, 0.717) is 11.8 Å². The summed E-state index contributed by atoms with van der Waals surface area (Å²) in [7, 11) is 0. The number of hydrogen-bond acceptors (Lipinski definition) is 5. The van der Waals surface area contributed by atoms with Crippen molar-refractivity contribution in [2.75, 3.05) is 10.7 Å². The Hall–Kier alpha value is -1.66. The monoisotopic (exact) mass is 321 g/mol. The summed E-state index contributed by atoms with van der Waals surface area (Å²) in [6, 6.07) is 8.19. The third-order valence-corrected chi connectivity index (χ3v) is 3.24. The third kappa shape index (κ3) is 3.42. The molecule has 6 heteroatoms. The largest absolute Gasteiger partial charge is 0.339 e. The van der Waals surface area contributed by atoms with Crippen molar-refractivity contribution < 1.29 is 0 Å². The molecule has 1 aromatic heterocycles. The van der Waals surface area contributed by atoms with Crippen LogP contribution in [0.5, 0.6) is 0 Å². The Kier molecular flexibility index (Phi) is 4.70. The molecule has 0 radical (unpaired) electrons. The molecule has 19 heavy (non-hydrogen) atoms. The Bertz CT molecular complexity index is 558. The van der Waals surface area contributed by atoms with E-state index in [-0.39, 0.29) is 0 Å². The van der Waals surface area contributed by atoms with Gasteiger partial charge in [-0.3, -0.25) is 5.43 Å². The van der Waals surface area contributed by atoms with Gasteiger partial charge in [-0.2, -0.15) is 4.98 Å². The minimum absolute atomic E-state index is 0.374. The summed E-state index contributed by atoms with van der Waals surface area (Å²) in [4.78, 5) is 8.31. The lowest BCUT2D eigenvalue weighted by Crippen LogP contribution is -2.11.